The molecule has 1 amide bonds. The van der Waals surface area contributed by atoms with Gasteiger partial charge < -0.3 is 16.4 Å². The summed E-state index contributed by atoms with van der Waals surface area (Å²) in [7, 11) is 0. The highest BCUT2D eigenvalue weighted by Crippen LogP contribution is 2.29. The minimum Gasteiger partial charge on any atom is -0.364 e. The van der Waals surface area contributed by atoms with Gasteiger partial charge in [0.25, 0.3) is 5.91 Å². The molecule has 0 bridgehead atoms. The van der Waals surface area contributed by atoms with Gasteiger partial charge in [0, 0.05) is 18.6 Å². The van der Waals surface area contributed by atoms with Crippen LogP contribution in [0, 0.1) is 11.8 Å². The van der Waals surface area contributed by atoms with Crippen molar-refractivity contribution in [1.29, 1.82) is 0 Å². The molecule has 25 heavy (non-hydrogen) atoms. The lowest BCUT2D eigenvalue weighted by Gasteiger charge is -2.36. The van der Waals surface area contributed by atoms with Gasteiger partial charge in [-0.25, -0.2) is 9.37 Å². The molecule has 0 saturated carbocycles. The molecule has 6 nitrogen and oxygen atoms in total. The van der Waals surface area contributed by atoms with Crippen LogP contribution in [0.2, 0.25) is 0 Å². The number of carbonyl (C=O) groups is 1. The van der Waals surface area contributed by atoms with Crippen molar-refractivity contribution in [3.8, 4) is 11.1 Å². The van der Waals surface area contributed by atoms with Gasteiger partial charge in [-0.1, -0.05) is 12.1 Å². The highest BCUT2D eigenvalue weighted by Gasteiger charge is 2.29. The standard InChI is InChI=1S/C17H19F2N5O/c1-17(21)5-7-24(8-6-17)16-22-13(15(20)25)12(14(19)23-16)10-3-2-4-11(18)9-10/h2-4,9H,5-8,21H2,1H3,(H2,20,25). The van der Waals surface area contributed by atoms with E-state index in [1.165, 1.54) is 18.2 Å². The highest BCUT2D eigenvalue weighted by atomic mass is 19.1. The summed E-state index contributed by atoms with van der Waals surface area (Å²) in [6.07, 6.45) is 1.38. The van der Waals surface area contributed by atoms with Crippen LogP contribution in [0.15, 0.2) is 24.3 Å². The Kier molecular flexibility index (Phi) is 4.38. The molecule has 0 spiro atoms. The molecule has 2 aromatic rings. The number of piperidine rings is 1. The highest BCUT2D eigenvalue weighted by molar-refractivity contribution is 5.98. The van der Waals surface area contributed by atoms with Gasteiger partial charge in [0.05, 0.1) is 5.56 Å². The Hall–Kier alpha value is -2.61. The minimum atomic E-state index is -0.912. The first-order valence-corrected chi connectivity index (χ1v) is 7.94. The SMILES string of the molecule is CC1(N)CCN(c2nc(F)c(-c3cccc(F)c3)c(C(N)=O)n2)CC1. The summed E-state index contributed by atoms with van der Waals surface area (Å²) in [5, 5.41) is 0. The molecule has 3 rings (SSSR count). The van der Waals surface area contributed by atoms with Gasteiger partial charge in [-0.15, -0.1) is 0 Å². The number of hydrogen-bond donors (Lipinski definition) is 2. The quantitative estimate of drug-likeness (QED) is 0.826. The molecule has 0 radical (unpaired) electrons. The second-order valence-corrected chi connectivity index (χ2v) is 6.55. The van der Waals surface area contributed by atoms with Crippen LogP contribution in [-0.2, 0) is 0 Å². The number of halogens is 2. The average molecular weight is 347 g/mol. The number of benzene rings is 1. The summed E-state index contributed by atoms with van der Waals surface area (Å²) >= 11 is 0. The maximum Gasteiger partial charge on any atom is 0.268 e. The molecular weight excluding hydrogens is 328 g/mol. The molecule has 1 aromatic carbocycles. The first-order valence-electron chi connectivity index (χ1n) is 7.94. The molecular formula is C17H19F2N5O. The number of anilines is 1. The molecule has 2 heterocycles. The topological polar surface area (TPSA) is 98.1 Å². The van der Waals surface area contributed by atoms with Gasteiger partial charge in [-0.3, -0.25) is 4.79 Å². The smallest absolute Gasteiger partial charge is 0.268 e. The molecule has 132 valence electrons. The van der Waals surface area contributed by atoms with E-state index in [-0.39, 0.29) is 28.3 Å². The van der Waals surface area contributed by atoms with Crippen molar-refractivity contribution in [3.63, 3.8) is 0 Å². The van der Waals surface area contributed by atoms with Crippen molar-refractivity contribution >= 4 is 11.9 Å². The summed E-state index contributed by atoms with van der Waals surface area (Å²) in [4.78, 5) is 21.6. The van der Waals surface area contributed by atoms with Crippen molar-refractivity contribution in [3.05, 3.63) is 41.7 Å². The Labute approximate surface area is 143 Å². The van der Waals surface area contributed by atoms with E-state index in [9.17, 15) is 13.6 Å². The van der Waals surface area contributed by atoms with Gasteiger partial charge in [-0.05, 0) is 37.5 Å². The van der Waals surface area contributed by atoms with Crippen LogP contribution in [0.5, 0.6) is 0 Å². The number of nitrogens with zero attached hydrogens (tertiary/aromatic N) is 3. The first-order chi connectivity index (χ1) is 11.8. The van der Waals surface area contributed by atoms with Crippen LogP contribution in [0.1, 0.15) is 30.3 Å². The van der Waals surface area contributed by atoms with Crippen LogP contribution in [-0.4, -0.2) is 34.5 Å². The molecule has 0 aliphatic carbocycles. The van der Waals surface area contributed by atoms with E-state index in [0.29, 0.717) is 25.9 Å². The normalized spacial score (nSPS) is 16.7. The molecule has 1 aromatic heterocycles. The molecule has 0 atom stereocenters. The van der Waals surface area contributed by atoms with Crippen LogP contribution < -0.4 is 16.4 Å². The van der Waals surface area contributed by atoms with Crippen LogP contribution in [0.25, 0.3) is 11.1 Å². The Morgan fingerprint density at radius 2 is 1.92 bits per heavy atom. The van der Waals surface area contributed by atoms with Crippen molar-refractivity contribution in [2.24, 2.45) is 11.5 Å². The lowest BCUT2D eigenvalue weighted by Crippen LogP contribution is -2.48. The number of rotatable bonds is 3. The fraction of sp³-hybridized carbons (Fsp3) is 0.353. The zero-order valence-electron chi connectivity index (χ0n) is 13.8. The van der Waals surface area contributed by atoms with E-state index in [0.717, 1.165) is 6.07 Å². The van der Waals surface area contributed by atoms with Gasteiger partial charge in [0.15, 0.2) is 0 Å². The summed E-state index contributed by atoms with van der Waals surface area (Å²) in [5.74, 6) is -2.29. The summed E-state index contributed by atoms with van der Waals surface area (Å²) in [5.41, 5.74) is 10.9. The number of aromatic nitrogens is 2. The first kappa shape index (κ1) is 17.2. The van der Waals surface area contributed by atoms with Gasteiger partial charge >= 0.3 is 0 Å². The van der Waals surface area contributed by atoms with E-state index in [1.807, 2.05) is 6.92 Å². The third kappa shape index (κ3) is 3.58. The van der Waals surface area contributed by atoms with Gasteiger partial charge in [-0.2, -0.15) is 9.37 Å². The summed E-state index contributed by atoms with van der Waals surface area (Å²) in [6.45, 7) is 3.04. The van der Waals surface area contributed by atoms with Crippen LogP contribution >= 0.6 is 0 Å². The molecule has 1 aliphatic rings. The van der Waals surface area contributed by atoms with Crippen LogP contribution in [0.3, 0.4) is 0 Å². The predicted molar refractivity (Wildman–Crippen MR) is 89.9 cm³/mol. The number of hydrogen-bond acceptors (Lipinski definition) is 5. The maximum atomic E-state index is 14.7. The van der Waals surface area contributed by atoms with E-state index in [2.05, 4.69) is 9.97 Å². The van der Waals surface area contributed by atoms with E-state index >= 15 is 0 Å². The van der Waals surface area contributed by atoms with Gasteiger partial charge in [0.1, 0.15) is 11.5 Å². The molecule has 8 heteroatoms. The lowest BCUT2D eigenvalue weighted by atomic mass is 9.91. The largest absolute Gasteiger partial charge is 0.364 e. The number of amides is 1. The lowest BCUT2D eigenvalue weighted by molar-refractivity contribution is 0.0995. The number of nitrogens with two attached hydrogens (primary N) is 2. The zero-order chi connectivity index (χ0) is 18.2. The second-order valence-electron chi connectivity index (χ2n) is 6.55. The third-order valence-electron chi connectivity index (χ3n) is 4.39. The fourth-order valence-electron chi connectivity index (χ4n) is 2.86. The Bertz CT molecular complexity index is 815. The van der Waals surface area contributed by atoms with E-state index < -0.39 is 17.7 Å². The third-order valence-corrected chi connectivity index (χ3v) is 4.39. The Morgan fingerprint density at radius 1 is 1.24 bits per heavy atom. The predicted octanol–water partition coefficient (Wildman–Crippen LogP) is 1.84. The maximum absolute atomic E-state index is 14.7. The minimum absolute atomic E-state index is 0.0851. The fourth-order valence-corrected chi connectivity index (χ4v) is 2.86. The van der Waals surface area contributed by atoms with Gasteiger partial charge in [0.2, 0.25) is 11.9 Å². The molecule has 1 aliphatic heterocycles. The van der Waals surface area contributed by atoms with Crippen molar-refractivity contribution in [2.75, 3.05) is 18.0 Å². The van der Waals surface area contributed by atoms with Crippen molar-refractivity contribution in [1.82, 2.24) is 9.97 Å². The number of carbonyl (C=O) groups excluding carboxylic acids is 1. The van der Waals surface area contributed by atoms with Crippen LogP contribution in [0.4, 0.5) is 14.7 Å². The van der Waals surface area contributed by atoms with E-state index in [4.69, 9.17) is 11.5 Å². The molecule has 4 N–H and O–H groups in total. The Morgan fingerprint density at radius 3 is 2.52 bits per heavy atom. The van der Waals surface area contributed by atoms with E-state index in [1.54, 1.807) is 4.90 Å². The Balaban J connectivity index is 2.03. The monoisotopic (exact) mass is 347 g/mol. The number of primary amides is 1. The molecule has 1 saturated heterocycles. The van der Waals surface area contributed by atoms with Crippen molar-refractivity contribution < 1.29 is 13.6 Å². The zero-order valence-corrected chi connectivity index (χ0v) is 13.8. The average Bonchev–Trinajstić information content (AvgIpc) is 2.54. The molecule has 0 unspecified atom stereocenters. The second kappa shape index (κ2) is 6.36. The molecule has 1 fully saturated rings. The summed E-state index contributed by atoms with van der Waals surface area (Å²) in [6, 6.07) is 5.21. The summed E-state index contributed by atoms with van der Waals surface area (Å²) < 4.78 is 28.1. The van der Waals surface area contributed by atoms with Crippen molar-refractivity contribution in [2.45, 2.75) is 25.3 Å².